The molecule has 0 aromatic heterocycles. The van der Waals surface area contributed by atoms with Gasteiger partial charge in [0.25, 0.3) is 11.7 Å². The van der Waals surface area contributed by atoms with Crippen molar-refractivity contribution in [1.82, 2.24) is 9.80 Å². The molecule has 2 fully saturated rings. The van der Waals surface area contributed by atoms with Crippen molar-refractivity contribution in [3.63, 3.8) is 0 Å². The van der Waals surface area contributed by atoms with Crippen LogP contribution >= 0.6 is 0 Å². The predicted octanol–water partition coefficient (Wildman–Crippen LogP) is 3.77. The van der Waals surface area contributed by atoms with Gasteiger partial charge in [0.15, 0.2) is 11.6 Å². The van der Waals surface area contributed by atoms with Gasteiger partial charge in [-0.25, -0.2) is 4.39 Å². The van der Waals surface area contributed by atoms with Crippen LogP contribution in [-0.2, 0) is 14.3 Å². The number of aliphatic hydroxyl groups excluding tert-OH is 1. The van der Waals surface area contributed by atoms with E-state index < -0.39 is 29.3 Å². The number of methoxy groups -OCH3 is 2. The fraction of sp³-hybridized carbons (Fsp3) is 0.448. The first-order chi connectivity index (χ1) is 18.7. The van der Waals surface area contributed by atoms with Crippen LogP contribution in [0, 0.1) is 5.82 Å². The number of halogens is 1. The lowest BCUT2D eigenvalue weighted by Gasteiger charge is -2.29. The Bertz CT molecular complexity index is 1240. The molecule has 9 nitrogen and oxygen atoms in total. The number of ketones is 1. The highest BCUT2D eigenvalue weighted by Crippen LogP contribution is 2.44. The Labute approximate surface area is 227 Å². The van der Waals surface area contributed by atoms with Gasteiger partial charge in [-0.3, -0.25) is 14.5 Å². The van der Waals surface area contributed by atoms with Crippen LogP contribution < -0.4 is 14.2 Å². The second-order valence-corrected chi connectivity index (χ2v) is 9.72. The van der Waals surface area contributed by atoms with Crippen molar-refractivity contribution in [2.24, 2.45) is 0 Å². The minimum absolute atomic E-state index is 0.0242. The predicted molar refractivity (Wildman–Crippen MR) is 143 cm³/mol. The van der Waals surface area contributed by atoms with Gasteiger partial charge in [-0.1, -0.05) is 0 Å². The number of benzene rings is 2. The van der Waals surface area contributed by atoms with E-state index in [1.165, 1.54) is 31.3 Å². The molecule has 10 heteroatoms. The summed E-state index contributed by atoms with van der Waals surface area (Å²) in [5.41, 5.74) is 0.390. The quantitative estimate of drug-likeness (QED) is 0.275. The molecule has 2 aliphatic rings. The lowest BCUT2D eigenvalue weighted by molar-refractivity contribution is -0.140. The van der Waals surface area contributed by atoms with E-state index in [9.17, 15) is 19.1 Å². The summed E-state index contributed by atoms with van der Waals surface area (Å²) in [6, 6.07) is 8.05. The molecular weight excluding hydrogens is 507 g/mol. The van der Waals surface area contributed by atoms with Crippen LogP contribution in [0.25, 0.3) is 5.76 Å². The standard InChI is InChI=1S/C29H35FN2O7/c1-18(2)39-24-8-6-19(16-22(24)30)27(33)25-26(21-17-20(36-3)7-9-23(21)37-4)32(29(35)28(25)34)11-5-10-31-12-14-38-15-13-31/h6-9,16-18,26,33H,5,10-15H2,1-4H3/b27-25+/t26-/m1/s1. The molecule has 0 aliphatic carbocycles. The van der Waals surface area contributed by atoms with Crippen LogP contribution in [-0.4, -0.2) is 86.3 Å². The normalized spacial score (nSPS) is 19.5. The second kappa shape index (κ2) is 12.5. The van der Waals surface area contributed by atoms with Crippen LogP contribution in [0.4, 0.5) is 4.39 Å². The topological polar surface area (TPSA) is 97.8 Å². The molecule has 1 atom stereocenters. The molecule has 1 amide bonds. The molecule has 39 heavy (non-hydrogen) atoms. The van der Waals surface area contributed by atoms with E-state index in [2.05, 4.69) is 4.90 Å². The zero-order valence-corrected chi connectivity index (χ0v) is 22.7. The van der Waals surface area contributed by atoms with Crippen LogP contribution in [0.5, 0.6) is 17.2 Å². The fourth-order valence-corrected chi connectivity index (χ4v) is 4.93. The number of carbonyl (C=O) groups is 2. The molecule has 2 aliphatic heterocycles. The van der Waals surface area contributed by atoms with Crippen LogP contribution in [0.3, 0.4) is 0 Å². The van der Waals surface area contributed by atoms with E-state index in [0.29, 0.717) is 36.7 Å². The summed E-state index contributed by atoms with van der Waals surface area (Å²) in [7, 11) is 2.99. The van der Waals surface area contributed by atoms with E-state index in [1.54, 1.807) is 32.0 Å². The first kappa shape index (κ1) is 28.4. The summed E-state index contributed by atoms with van der Waals surface area (Å²) in [6.45, 7) is 7.44. The first-order valence-corrected chi connectivity index (χ1v) is 13.0. The highest BCUT2D eigenvalue weighted by molar-refractivity contribution is 6.46. The molecule has 0 radical (unpaired) electrons. The van der Waals surface area contributed by atoms with Gasteiger partial charge in [-0.05, 0) is 56.7 Å². The Morgan fingerprint density at radius 1 is 1.05 bits per heavy atom. The number of aliphatic hydroxyl groups is 1. The zero-order chi connectivity index (χ0) is 28.1. The van der Waals surface area contributed by atoms with Gasteiger partial charge in [0.1, 0.15) is 17.3 Å². The van der Waals surface area contributed by atoms with E-state index in [-0.39, 0.29) is 29.5 Å². The maximum atomic E-state index is 14.8. The van der Waals surface area contributed by atoms with Crippen molar-refractivity contribution in [3.8, 4) is 17.2 Å². The van der Waals surface area contributed by atoms with Crippen molar-refractivity contribution < 1.29 is 38.0 Å². The summed E-state index contributed by atoms with van der Waals surface area (Å²) in [6.07, 6.45) is 0.355. The van der Waals surface area contributed by atoms with Crippen molar-refractivity contribution in [2.45, 2.75) is 32.4 Å². The minimum Gasteiger partial charge on any atom is -0.507 e. The van der Waals surface area contributed by atoms with Crippen molar-refractivity contribution in [1.29, 1.82) is 0 Å². The Morgan fingerprint density at radius 3 is 2.41 bits per heavy atom. The summed E-state index contributed by atoms with van der Waals surface area (Å²) >= 11 is 0. The van der Waals surface area contributed by atoms with Gasteiger partial charge in [0.2, 0.25) is 0 Å². The highest BCUT2D eigenvalue weighted by atomic mass is 19.1. The number of rotatable bonds is 10. The number of amides is 1. The molecule has 0 saturated carbocycles. The molecule has 2 aromatic carbocycles. The van der Waals surface area contributed by atoms with Crippen LogP contribution in [0.15, 0.2) is 42.0 Å². The smallest absolute Gasteiger partial charge is 0.295 e. The molecule has 2 aromatic rings. The van der Waals surface area contributed by atoms with Gasteiger partial charge in [0, 0.05) is 37.3 Å². The molecule has 2 saturated heterocycles. The van der Waals surface area contributed by atoms with E-state index in [1.807, 2.05) is 0 Å². The lowest BCUT2D eigenvalue weighted by atomic mass is 9.94. The third kappa shape index (κ3) is 6.17. The number of carbonyl (C=O) groups excluding carboxylic acids is 2. The van der Waals surface area contributed by atoms with Gasteiger partial charge < -0.3 is 29.0 Å². The maximum absolute atomic E-state index is 14.8. The molecule has 0 bridgehead atoms. The number of hydrogen-bond acceptors (Lipinski definition) is 8. The Morgan fingerprint density at radius 2 is 1.77 bits per heavy atom. The Balaban J connectivity index is 1.76. The largest absolute Gasteiger partial charge is 0.507 e. The second-order valence-electron chi connectivity index (χ2n) is 9.72. The lowest BCUT2D eigenvalue weighted by Crippen LogP contribution is -2.39. The minimum atomic E-state index is -0.964. The molecule has 2 heterocycles. The summed E-state index contributed by atoms with van der Waals surface area (Å²) in [4.78, 5) is 30.4. The van der Waals surface area contributed by atoms with Crippen molar-refractivity contribution in [3.05, 3.63) is 58.9 Å². The van der Waals surface area contributed by atoms with Gasteiger partial charge in [0.05, 0.1) is 45.2 Å². The fourth-order valence-electron chi connectivity index (χ4n) is 4.93. The molecule has 4 rings (SSSR count). The number of Topliss-reactive ketones (excluding diaryl/α,β-unsaturated/α-hetero) is 1. The summed E-state index contributed by atoms with van der Waals surface area (Å²) in [5, 5.41) is 11.4. The first-order valence-electron chi connectivity index (χ1n) is 13.0. The summed E-state index contributed by atoms with van der Waals surface area (Å²) < 4.78 is 36.7. The van der Waals surface area contributed by atoms with Gasteiger partial charge >= 0.3 is 0 Å². The third-order valence-corrected chi connectivity index (χ3v) is 6.82. The molecular formula is C29H35FN2O7. The van der Waals surface area contributed by atoms with Crippen molar-refractivity contribution in [2.75, 3.05) is 53.6 Å². The van der Waals surface area contributed by atoms with Gasteiger partial charge in [-0.15, -0.1) is 0 Å². The zero-order valence-electron chi connectivity index (χ0n) is 22.7. The number of nitrogens with zero attached hydrogens (tertiary/aromatic N) is 2. The molecule has 210 valence electrons. The Kier molecular flexibility index (Phi) is 9.08. The SMILES string of the molecule is COc1ccc(OC)c([C@@H]2/C(=C(\O)c3ccc(OC(C)C)c(F)c3)C(=O)C(=O)N2CCCN2CCOCC2)c1. The third-order valence-electron chi connectivity index (χ3n) is 6.82. The summed E-state index contributed by atoms with van der Waals surface area (Å²) in [5.74, 6) is -1.83. The van der Waals surface area contributed by atoms with E-state index >= 15 is 0 Å². The monoisotopic (exact) mass is 542 g/mol. The van der Waals surface area contributed by atoms with E-state index in [0.717, 1.165) is 25.7 Å². The van der Waals surface area contributed by atoms with Crippen LogP contribution in [0.2, 0.25) is 0 Å². The average Bonchev–Trinajstić information content (AvgIpc) is 3.18. The number of ether oxygens (including phenoxy) is 4. The van der Waals surface area contributed by atoms with Crippen molar-refractivity contribution >= 4 is 17.4 Å². The van der Waals surface area contributed by atoms with Crippen LogP contribution in [0.1, 0.15) is 37.4 Å². The molecule has 1 N–H and O–H groups in total. The van der Waals surface area contributed by atoms with Gasteiger partial charge in [-0.2, -0.15) is 0 Å². The number of likely N-dealkylation sites (tertiary alicyclic amines) is 1. The molecule has 0 spiro atoms. The molecule has 0 unspecified atom stereocenters. The number of hydrogen-bond donors (Lipinski definition) is 1. The maximum Gasteiger partial charge on any atom is 0.295 e. The highest BCUT2D eigenvalue weighted by Gasteiger charge is 2.47. The Hall–Kier alpha value is -3.63. The average molecular weight is 543 g/mol. The van der Waals surface area contributed by atoms with E-state index in [4.69, 9.17) is 18.9 Å². The number of morpholine rings is 1.